The molecule has 5 rings (SSSR count). The van der Waals surface area contributed by atoms with Crippen LogP contribution in [0.15, 0.2) is 42.7 Å². The third kappa shape index (κ3) is 6.20. The molecule has 0 amide bonds. The van der Waals surface area contributed by atoms with Crippen molar-refractivity contribution in [3.63, 3.8) is 0 Å². The molecule has 1 aliphatic rings. The smallest absolute Gasteiger partial charge is 0.251 e. The molecule has 2 atom stereocenters. The Morgan fingerprint density at radius 2 is 1.76 bits per heavy atom. The fourth-order valence-corrected chi connectivity index (χ4v) is 5.57. The molecule has 1 fully saturated rings. The summed E-state index contributed by atoms with van der Waals surface area (Å²) in [5.41, 5.74) is -0.878. The number of benzene rings is 2. The monoisotopic (exact) mass is 588 g/mol. The highest BCUT2D eigenvalue weighted by Gasteiger charge is 2.30. The summed E-state index contributed by atoms with van der Waals surface area (Å²) in [5.74, 6) is -1.10. The largest absolute Gasteiger partial charge is 0.507 e. The molecule has 0 bridgehead atoms. The van der Waals surface area contributed by atoms with Gasteiger partial charge in [-0.2, -0.15) is 0 Å². The minimum absolute atomic E-state index is 0.00346. The molecule has 3 heterocycles. The number of aromatic hydroxyl groups is 1. The molecule has 41 heavy (non-hydrogen) atoms. The number of anilines is 1. The van der Waals surface area contributed by atoms with Gasteiger partial charge in [-0.3, -0.25) is 4.90 Å². The normalized spacial score (nSPS) is 17.6. The van der Waals surface area contributed by atoms with Gasteiger partial charge >= 0.3 is 0 Å². The van der Waals surface area contributed by atoms with Crippen LogP contribution in [0.3, 0.4) is 0 Å². The van der Waals surface area contributed by atoms with Crippen LogP contribution in [0.4, 0.5) is 23.4 Å². The van der Waals surface area contributed by atoms with E-state index in [0.717, 1.165) is 18.9 Å². The van der Waals surface area contributed by atoms with Crippen molar-refractivity contribution in [2.24, 2.45) is 5.92 Å². The van der Waals surface area contributed by atoms with Gasteiger partial charge in [-0.25, -0.2) is 37.5 Å². The number of hydrogen-bond donors (Lipinski definition) is 1. The minimum atomic E-state index is -2.66. The number of nitrogens with zero attached hydrogens (tertiary/aromatic N) is 6. The van der Waals surface area contributed by atoms with Gasteiger partial charge in [-0.05, 0) is 49.9 Å². The zero-order chi connectivity index (χ0) is 29.3. The fourth-order valence-electron chi connectivity index (χ4n) is 5.28. The van der Waals surface area contributed by atoms with E-state index in [2.05, 4.69) is 26.8 Å². The first kappa shape index (κ1) is 28.9. The lowest BCUT2D eigenvalue weighted by Crippen LogP contribution is -2.42. The standard InChI is InChI=1S/C29H29ClF4N6O/c1-16-7-8-17(2)40(12-16)29-18-11-19(30)25(26-20(31)5-3-6-21(26)41)27(34)28(18)37-24(38-29)15-39(13-22(32)33)14-23-35-9-4-10-36-23/h3-6,9-11,16-17,22,41H,7-8,12-15H2,1-2H3/t16-,17-/m0/s1. The molecule has 2 aromatic heterocycles. The van der Waals surface area contributed by atoms with Crippen molar-refractivity contribution in [1.29, 1.82) is 0 Å². The van der Waals surface area contributed by atoms with Crippen molar-refractivity contribution in [3.8, 4) is 16.9 Å². The molecule has 2 aromatic carbocycles. The van der Waals surface area contributed by atoms with Crippen molar-refractivity contribution in [1.82, 2.24) is 24.8 Å². The molecule has 1 saturated heterocycles. The Labute approximate surface area is 239 Å². The highest BCUT2D eigenvalue weighted by molar-refractivity contribution is 6.34. The van der Waals surface area contributed by atoms with E-state index in [0.29, 0.717) is 29.5 Å². The van der Waals surface area contributed by atoms with Crippen molar-refractivity contribution in [2.45, 2.75) is 52.2 Å². The van der Waals surface area contributed by atoms with Crippen LogP contribution in [0, 0.1) is 17.6 Å². The molecule has 1 aliphatic heterocycles. The zero-order valence-electron chi connectivity index (χ0n) is 22.5. The maximum absolute atomic E-state index is 16.3. The van der Waals surface area contributed by atoms with Gasteiger partial charge in [0.25, 0.3) is 6.43 Å². The third-order valence-corrected chi connectivity index (χ3v) is 7.58. The Balaban J connectivity index is 1.68. The van der Waals surface area contributed by atoms with Gasteiger partial charge in [0.1, 0.15) is 34.6 Å². The number of aromatic nitrogens is 4. The van der Waals surface area contributed by atoms with Gasteiger partial charge in [0.2, 0.25) is 0 Å². The topological polar surface area (TPSA) is 78.3 Å². The molecule has 7 nitrogen and oxygen atoms in total. The molecule has 0 spiro atoms. The average molecular weight is 589 g/mol. The number of hydrogen-bond acceptors (Lipinski definition) is 7. The zero-order valence-corrected chi connectivity index (χ0v) is 23.3. The molecular formula is C29H29ClF4N6O. The minimum Gasteiger partial charge on any atom is -0.507 e. The van der Waals surface area contributed by atoms with Crippen LogP contribution in [0.5, 0.6) is 5.75 Å². The van der Waals surface area contributed by atoms with E-state index < -0.39 is 30.4 Å². The molecule has 0 aliphatic carbocycles. The van der Waals surface area contributed by atoms with Gasteiger partial charge < -0.3 is 10.0 Å². The van der Waals surface area contributed by atoms with Gasteiger partial charge in [0.15, 0.2) is 5.82 Å². The maximum Gasteiger partial charge on any atom is 0.251 e. The second-order valence-corrected chi connectivity index (χ2v) is 10.9. The number of rotatable bonds is 8. The summed E-state index contributed by atoms with van der Waals surface area (Å²) in [6.45, 7) is 4.03. The highest BCUT2D eigenvalue weighted by Crippen LogP contribution is 2.43. The molecule has 216 valence electrons. The average Bonchev–Trinajstić information content (AvgIpc) is 2.92. The second-order valence-electron chi connectivity index (χ2n) is 10.5. The first-order valence-corrected chi connectivity index (χ1v) is 13.7. The molecule has 4 aromatic rings. The summed E-state index contributed by atoms with van der Waals surface area (Å²) in [7, 11) is 0. The lowest BCUT2D eigenvalue weighted by atomic mass is 9.94. The Morgan fingerprint density at radius 1 is 1.02 bits per heavy atom. The van der Waals surface area contributed by atoms with Gasteiger partial charge in [-0.15, -0.1) is 0 Å². The molecule has 0 saturated carbocycles. The van der Waals surface area contributed by atoms with Crippen LogP contribution >= 0.6 is 11.6 Å². The summed E-state index contributed by atoms with van der Waals surface area (Å²) in [6.07, 6.45) is 2.27. The maximum atomic E-state index is 16.3. The summed E-state index contributed by atoms with van der Waals surface area (Å²) in [6, 6.07) is 6.78. The fraction of sp³-hybridized carbons (Fsp3) is 0.379. The Hall–Kier alpha value is -3.57. The predicted octanol–water partition coefficient (Wildman–Crippen LogP) is 6.62. The molecular weight excluding hydrogens is 560 g/mol. The molecule has 1 N–H and O–H groups in total. The van der Waals surface area contributed by atoms with E-state index in [1.54, 1.807) is 6.07 Å². The Bertz CT molecular complexity index is 1520. The lowest BCUT2D eigenvalue weighted by Gasteiger charge is -2.38. The number of fused-ring (bicyclic) bond motifs is 1. The quantitative estimate of drug-likeness (QED) is 0.232. The third-order valence-electron chi connectivity index (χ3n) is 7.29. The number of phenols is 1. The van der Waals surface area contributed by atoms with Crippen LogP contribution in [0.1, 0.15) is 38.3 Å². The first-order chi connectivity index (χ1) is 19.6. The van der Waals surface area contributed by atoms with E-state index >= 15 is 4.39 Å². The SMILES string of the molecule is C[C@H]1CC[C@H](C)N(c2nc(CN(Cc3ncccn3)CC(F)F)nc3c(F)c(-c4c(O)cccc4F)c(Cl)cc23)C1. The molecule has 0 radical (unpaired) electrons. The van der Waals surface area contributed by atoms with Crippen molar-refractivity contribution >= 4 is 28.3 Å². The number of phenolic OH excluding ortho intramolecular Hbond substituents is 1. The van der Waals surface area contributed by atoms with Gasteiger partial charge in [-0.1, -0.05) is 24.6 Å². The van der Waals surface area contributed by atoms with Crippen LogP contribution in [-0.2, 0) is 13.1 Å². The van der Waals surface area contributed by atoms with E-state index in [1.807, 2.05) is 6.92 Å². The summed E-state index contributed by atoms with van der Waals surface area (Å²) in [4.78, 5) is 20.9. The first-order valence-electron chi connectivity index (χ1n) is 13.3. The number of piperidine rings is 1. The van der Waals surface area contributed by atoms with E-state index in [4.69, 9.17) is 16.6 Å². The van der Waals surface area contributed by atoms with E-state index in [1.165, 1.54) is 35.5 Å². The van der Waals surface area contributed by atoms with Crippen LogP contribution in [-0.4, -0.2) is 55.5 Å². The summed E-state index contributed by atoms with van der Waals surface area (Å²) < 4.78 is 58.3. The van der Waals surface area contributed by atoms with Gasteiger partial charge in [0.05, 0.1) is 30.2 Å². The van der Waals surface area contributed by atoms with Crippen LogP contribution in [0.25, 0.3) is 22.0 Å². The van der Waals surface area contributed by atoms with Crippen LogP contribution in [0.2, 0.25) is 5.02 Å². The van der Waals surface area contributed by atoms with Crippen molar-refractivity contribution in [3.05, 3.63) is 71.0 Å². The molecule has 0 unspecified atom stereocenters. The number of halogens is 5. The lowest BCUT2D eigenvalue weighted by molar-refractivity contribution is 0.0784. The highest BCUT2D eigenvalue weighted by atomic mass is 35.5. The Kier molecular flexibility index (Phi) is 8.55. The summed E-state index contributed by atoms with van der Waals surface area (Å²) in [5, 5.41) is 10.6. The predicted molar refractivity (Wildman–Crippen MR) is 149 cm³/mol. The van der Waals surface area contributed by atoms with Crippen molar-refractivity contribution in [2.75, 3.05) is 18.0 Å². The summed E-state index contributed by atoms with van der Waals surface area (Å²) >= 11 is 6.54. The van der Waals surface area contributed by atoms with Gasteiger partial charge in [0, 0.05) is 35.9 Å². The van der Waals surface area contributed by atoms with Crippen LogP contribution < -0.4 is 4.90 Å². The van der Waals surface area contributed by atoms with Crippen molar-refractivity contribution < 1.29 is 22.7 Å². The molecule has 12 heteroatoms. The number of alkyl halides is 2. The second kappa shape index (κ2) is 12.1. The van der Waals surface area contributed by atoms with E-state index in [9.17, 15) is 18.3 Å². The van der Waals surface area contributed by atoms with E-state index in [-0.39, 0.29) is 46.6 Å². The Morgan fingerprint density at radius 3 is 2.46 bits per heavy atom.